The van der Waals surface area contributed by atoms with Crippen LogP contribution in [0.3, 0.4) is 0 Å². The maximum atomic E-state index is 12.7. The molecule has 3 nitrogen and oxygen atoms in total. The second-order valence-electron chi connectivity index (χ2n) is 6.23. The first-order chi connectivity index (χ1) is 9.91. The van der Waals surface area contributed by atoms with E-state index in [1.807, 2.05) is 18.2 Å². The van der Waals surface area contributed by atoms with E-state index >= 15 is 0 Å². The van der Waals surface area contributed by atoms with Crippen LogP contribution in [0.1, 0.15) is 26.3 Å². The Bertz CT molecular complexity index is 882. The Hall–Kier alpha value is -2.29. The van der Waals surface area contributed by atoms with Crippen molar-refractivity contribution in [1.29, 1.82) is 0 Å². The van der Waals surface area contributed by atoms with E-state index in [2.05, 4.69) is 20.8 Å². The average Bonchev–Trinajstić information content (AvgIpc) is 2.45. The highest BCUT2D eigenvalue weighted by atomic mass is 16.5. The van der Waals surface area contributed by atoms with Gasteiger partial charge >= 0.3 is 0 Å². The molecule has 0 unspecified atom stereocenters. The van der Waals surface area contributed by atoms with Crippen LogP contribution in [0.4, 0.5) is 0 Å². The van der Waals surface area contributed by atoms with E-state index in [1.54, 1.807) is 25.3 Å². The quantitative estimate of drug-likeness (QED) is 0.626. The summed E-state index contributed by atoms with van der Waals surface area (Å²) in [6.45, 7) is 6.37. The Morgan fingerprint density at radius 1 is 1.05 bits per heavy atom. The minimum absolute atomic E-state index is 0.00996. The van der Waals surface area contributed by atoms with Crippen molar-refractivity contribution in [3.63, 3.8) is 0 Å². The maximum absolute atomic E-state index is 12.7. The molecule has 0 fully saturated rings. The SMILES string of the molecule is COc1cccc2c(=O)c3cc(C(C)(C)C)ccc3oc12. The highest BCUT2D eigenvalue weighted by Crippen LogP contribution is 2.29. The number of methoxy groups -OCH3 is 1. The van der Waals surface area contributed by atoms with Crippen molar-refractivity contribution >= 4 is 21.9 Å². The van der Waals surface area contributed by atoms with E-state index in [0.717, 1.165) is 5.56 Å². The van der Waals surface area contributed by atoms with Crippen molar-refractivity contribution in [3.8, 4) is 5.75 Å². The lowest BCUT2D eigenvalue weighted by atomic mass is 9.86. The van der Waals surface area contributed by atoms with Gasteiger partial charge in [0.15, 0.2) is 11.3 Å². The molecule has 2 aromatic carbocycles. The van der Waals surface area contributed by atoms with Gasteiger partial charge in [0.1, 0.15) is 5.58 Å². The van der Waals surface area contributed by atoms with E-state index in [-0.39, 0.29) is 10.8 Å². The molecule has 0 bridgehead atoms. The van der Waals surface area contributed by atoms with Crippen molar-refractivity contribution in [3.05, 3.63) is 52.2 Å². The molecule has 21 heavy (non-hydrogen) atoms. The lowest BCUT2D eigenvalue weighted by Crippen LogP contribution is -2.12. The number of rotatable bonds is 1. The van der Waals surface area contributed by atoms with Gasteiger partial charge in [0, 0.05) is 0 Å². The fourth-order valence-corrected chi connectivity index (χ4v) is 2.48. The zero-order valence-corrected chi connectivity index (χ0v) is 12.7. The summed E-state index contributed by atoms with van der Waals surface area (Å²) in [4.78, 5) is 12.7. The third-order valence-electron chi connectivity index (χ3n) is 3.75. The van der Waals surface area contributed by atoms with Gasteiger partial charge in [-0.3, -0.25) is 4.79 Å². The van der Waals surface area contributed by atoms with Crippen LogP contribution in [0.5, 0.6) is 5.75 Å². The standard InChI is InChI=1S/C18H18O3/c1-18(2,3)11-8-9-14-13(10-11)16(19)12-6-5-7-15(20-4)17(12)21-14/h5-10H,1-4H3. The van der Waals surface area contributed by atoms with Gasteiger partial charge in [-0.05, 0) is 35.2 Å². The highest BCUT2D eigenvalue weighted by molar-refractivity contribution is 5.92. The highest BCUT2D eigenvalue weighted by Gasteiger charge is 2.17. The Kier molecular flexibility index (Phi) is 3.01. The first-order valence-corrected chi connectivity index (χ1v) is 6.96. The van der Waals surface area contributed by atoms with Gasteiger partial charge in [-0.15, -0.1) is 0 Å². The molecule has 0 atom stereocenters. The van der Waals surface area contributed by atoms with E-state index in [1.165, 1.54) is 0 Å². The molecular weight excluding hydrogens is 264 g/mol. The molecule has 1 aromatic heterocycles. The molecule has 0 saturated heterocycles. The molecule has 0 saturated carbocycles. The molecule has 0 aliphatic rings. The fourth-order valence-electron chi connectivity index (χ4n) is 2.48. The monoisotopic (exact) mass is 282 g/mol. The summed E-state index contributed by atoms with van der Waals surface area (Å²) < 4.78 is 11.2. The number of para-hydroxylation sites is 1. The molecule has 108 valence electrons. The summed E-state index contributed by atoms with van der Waals surface area (Å²) in [5, 5.41) is 1.16. The third-order valence-corrected chi connectivity index (χ3v) is 3.75. The number of hydrogen-bond donors (Lipinski definition) is 0. The predicted molar refractivity (Wildman–Crippen MR) is 85.2 cm³/mol. The summed E-state index contributed by atoms with van der Waals surface area (Å²) in [6, 6.07) is 11.2. The van der Waals surface area contributed by atoms with Gasteiger partial charge in [-0.2, -0.15) is 0 Å². The molecule has 0 radical (unpaired) electrons. The van der Waals surface area contributed by atoms with Crippen LogP contribution >= 0.6 is 0 Å². The molecular formula is C18H18O3. The van der Waals surface area contributed by atoms with Gasteiger partial charge in [-0.25, -0.2) is 0 Å². The second-order valence-corrected chi connectivity index (χ2v) is 6.23. The molecule has 0 aliphatic carbocycles. The molecule has 0 spiro atoms. The van der Waals surface area contributed by atoms with Gasteiger partial charge < -0.3 is 9.15 Å². The van der Waals surface area contributed by atoms with Gasteiger partial charge in [-0.1, -0.05) is 32.9 Å². The molecule has 0 aliphatic heterocycles. The summed E-state index contributed by atoms with van der Waals surface area (Å²) in [5.41, 5.74) is 2.18. The van der Waals surface area contributed by atoms with Crippen molar-refractivity contribution < 1.29 is 9.15 Å². The zero-order valence-electron chi connectivity index (χ0n) is 12.7. The number of fused-ring (bicyclic) bond motifs is 2. The van der Waals surface area contributed by atoms with Crippen LogP contribution in [-0.4, -0.2) is 7.11 Å². The average molecular weight is 282 g/mol. The summed E-state index contributed by atoms with van der Waals surface area (Å²) >= 11 is 0. The molecule has 0 N–H and O–H groups in total. The van der Waals surface area contributed by atoms with Crippen molar-refractivity contribution in [2.45, 2.75) is 26.2 Å². The minimum atomic E-state index is -0.0174. The number of ether oxygens (including phenoxy) is 1. The van der Waals surface area contributed by atoms with Gasteiger partial charge in [0.25, 0.3) is 0 Å². The Morgan fingerprint density at radius 3 is 2.48 bits per heavy atom. The lowest BCUT2D eigenvalue weighted by Gasteiger charge is -2.19. The summed E-state index contributed by atoms with van der Waals surface area (Å²) in [5.74, 6) is 0.575. The summed E-state index contributed by atoms with van der Waals surface area (Å²) in [7, 11) is 1.57. The molecule has 3 rings (SSSR count). The van der Waals surface area contributed by atoms with Gasteiger partial charge in [0.05, 0.1) is 17.9 Å². The largest absolute Gasteiger partial charge is 0.493 e. The Labute approximate surface area is 123 Å². The fraction of sp³-hybridized carbons (Fsp3) is 0.278. The second kappa shape index (κ2) is 4.62. The topological polar surface area (TPSA) is 39.4 Å². The minimum Gasteiger partial charge on any atom is -0.493 e. The van der Waals surface area contributed by atoms with E-state index in [9.17, 15) is 4.79 Å². The summed E-state index contributed by atoms with van der Waals surface area (Å²) in [6.07, 6.45) is 0. The molecule has 3 aromatic rings. The van der Waals surface area contributed by atoms with Crippen LogP contribution in [0, 0.1) is 0 Å². The van der Waals surface area contributed by atoms with Crippen molar-refractivity contribution in [2.24, 2.45) is 0 Å². The number of hydrogen-bond acceptors (Lipinski definition) is 3. The van der Waals surface area contributed by atoms with Gasteiger partial charge in [0.2, 0.25) is 5.43 Å². The van der Waals surface area contributed by atoms with Crippen LogP contribution in [0.2, 0.25) is 0 Å². The first-order valence-electron chi connectivity index (χ1n) is 6.96. The lowest BCUT2D eigenvalue weighted by molar-refractivity contribution is 0.411. The predicted octanol–water partition coefficient (Wildman–Crippen LogP) is 4.25. The van der Waals surface area contributed by atoms with Crippen molar-refractivity contribution in [2.75, 3.05) is 7.11 Å². The number of benzene rings is 2. The zero-order chi connectivity index (χ0) is 15.2. The van der Waals surface area contributed by atoms with E-state index < -0.39 is 0 Å². The molecule has 3 heteroatoms. The van der Waals surface area contributed by atoms with Crippen LogP contribution < -0.4 is 10.2 Å². The Balaban J connectivity index is 2.43. The normalized spacial score (nSPS) is 12.0. The van der Waals surface area contributed by atoms with Crippen LogP contribution in [-0.2, 0) is 5.41 Å². The van der Waals surface area contributed by atoms with E-state index in [4.69, 9.17) is 9.15 Å². The van der Waals surface area contributed by atoms with E-state index in [0.29, 0.717) is 27.7 Å². The third kappa shape index (κ3) is 2.19. The van der Waals surface area contributed by atoms with Crippen molar-refractivity contribution in [1.82, 2.24) is 0 Å². The molecule has 1 heterocycles. The van der Waals surface area contributed by atoms with Crippen LogP contribution in [0.15, 0.2) is 45.6 Å². The smallest absolute Gasteiger partial charge is 0.200 e. The Morgan fingerprint density at radius 2 is 1.81 bits per heavy atom. The molecule has 0 amide bonds. The maximum Gasteiger partial charge on any atom is 0.200 e. The first kappa shape index (κ1) is 13.7. The van der Waals surface area contributed by atoms with Crippen LogP contribution in [0.25, 0.3) is 21.9 Å².